The Morgan fingerprint density at radius 2 is 1.95 bits per heavy atom. The van der Waals surface area contributed by atoms with Crippen LogP contribution in [0.4, 0.5) is 0 Å². The Morgan fingerprint density at radius 1 is 1.30 bits per heavy atom. The van der Waals surface area contributed by atoms with Crippen molar-refractivity contribution in [3.05, 3.63) is 0 Å². The van der Waals surface area contributed by atoms with Crippen LogP contribution >= 0.6 is 24.2 Å². The molecule has 0 spiro atoms. The third-order valence-corrected chi connectivity index (χ3v) is 4.88. The van der Waals surface area contributed by atoms with Crippen molar-refractivity contribution >= 4 is 30.1 Å². The third-order valence-electron chi connectivity index (χ3n) is 3.89. The first-order chi connectivity index (χ1) is 9.13. The Kier molecular flexibility index (Phi) is 11.7. The van der Waals surface area contributed by atoms with Crippen molar-refractivity contribution in [3.8, 4) is 0 Å². The van der Waals surface area contributed by atoms with Crippen LogP contribution < -0.4 is 11.1 Å². The lowest BCUT2D eigenvalue weighted by molar-refractivity contribution is -0.119. The maximum atomic E-state index is 11.9. The Bertz CT molecular complexity index is 258. The summed E-state index contributed by atoms with van der Waals surface area (Å²) < 4.78 is 0. The van der Waals surface area contributed by atoms with E-state index in [-0.39, 0.29) is 24.4 Å². The number of thioether (sulfide) groups is 1. The lowest BCUT2D eigenvalue weighted by atomic mass is 9.84. The van der Waals surface area contributed by atoms with E-state index in [0.29, 0.717) is 18.2 Å². The van der Waals surface area contributed by atoms with Gasteiger partial charge in [0, 0.05) is 12.6 Å². The summed E-state index contributed by atoms with van der Waals surface area (Å²) >= 11 is 1.74. The van der Waals surface area contributed by atoms with E-state index in [4.69, 9.17) is 5.73 Å². The number of carbonyl (C=O) groups excluding carboxylic acids is 1. The molecule has 1 aliphatic rings. The molecule has 3 N–H and O–H groups in total. The highest BCUT2D eigenvalue weighted by atomic mass is 35.5. The molecule has 1 saturated carbocycles. The van der Waals surface area contributed by atoms with Crippen LogP contribution in [0.3, 0.4) is 0 Å². The Balaban J connectivity index is 0.00000361. The van der Waals surface area contributed by atoms with Gasteiger partial charge in [0.25, 0.3) is 0 Å². The Labute approximate surface area is 134 Å². The fourth-order valence-corrected chi connectivity index (χ4v) is 3.69. The number of amides is 1. The summed E-state index contributed by atoms with van der Waals surface area (Å²) in [7, 11) is 0. The van der Waals surface area contributed by atoms with Gasteiger partial charge in [-0.25, -0.2) is 0 Å². The molecule has 5 heteroatoms. The van der Waals surface area contributed by atoms with Gasteiger partial charge in [-0.15, -0.1) is 12.4 Å². The summed E-state index contributed by atoms with van der Waals surface area (Å²) in [4.78, 5) is 11.9. The molecule has 1 amide bonds. The molecule has 1 rings (SSSR count). The van der Waals surface area contributed by atoms with E-state index in [0.717, 1.165) is 11.7 Å². The zero-order valence-corrected chi connectivity index (χ0v) is 14.5. The number of rotatable bonds is 8. The molecule has 120 valence electrons. The highest BCUT2D eigenvalue weighted by molar-refractivity contribution is 7.99. The predicted octanol–water partition coefficient (Wildman–Crippen LogP) is 3.21. The summed E-state index contributed by atoms with van der Waals surface area (Å²) in [5.41, 5.74) is 5.82. The maximum absolute atomic E-state index is 11.9. The van der Waals surface area contributed by atoms with Gasteiger partial charge >= 0.3 is 0 Å². The van der Waals surface area contributed by atoms with Crippen LogP contribution in [0.25, 0.3) is 0 Å². The zero-order valence-electron chi connectivity index (χ0n) is 12.9. The SMILES string of the molecule is CC(C)CCSCC(=O)NC(CN)C1CCCCC1.Cl. The van der Waals surface area contributed by atoms with Gasteiger partial charge in [0.05, 0.1) is 5.75 Å². The standard InChI is InChI=1S/C15H30N2OS.ClH/c1-12(2)8-9-19-11-15(18)17-14(10-16)13-6-4-3-5-7-13;/h12-14H,3-11,16H2,1-2H3,(H,17,18);1H. The van der Waals surface area contributed by atoms with Gasteiger partial charge in [-0.3, -0.25) is 4.79 Å². The van der Waals surface area contributed by atoms with Gasteiger partial charge in [-0.2, -0.15) is 11.8 Å². The molecule has 0 radical (unpaired) electrons. The number of carbonyl (C=O) groups is 1. The van der Waals surface area contributed by atoms with Gasteiger partial charge in [-0.05, 0) is 36.9 Å². The average Bonchev–Trinajstić information content (AvgIpc) is 2.41. The molecule has 0 aromatic carbocycles. The van der Waals surface area contributed by atoms with Crippen molar-refractivity contribution in [2.45, 2.75) is 58.4 Å². The van der Waals surface area contributed by atoms with Crippen LogP contribution in [0.5, 0.6) is 0 Å². The molecule has 0 saturated heterocycles. The van der Waals surface area contributed by atoms with Crippen molar-refractivity contribution in [2.75, 3.05) is 18.1 Å². The molecule has 1 aliphatic carbocycles. The number of hydrogen-bond acceptors (Lipinski definition) is 3. The van der Waals surface area contributed by atoms with E-state index in [1.165, 1.54) is 38.5 Å². The number of hydrogen-bond donors (Lipinski definition) is 2. The summed E-state index contributed by atoms with van der Waals surface area (Å²) in [6.45, 7) is 5.01. The quantitative estimate of drug-likeness (QED) is 0.675. The van der Waals surface area contributed by atoms with Crippen LogP contribution in [0.2, 0.25) is 0 Å². The van der Waals surface area contributed by atoms with E-state index >= 15 is 0 Å². The molecule has 0 aromatic rings. The largest absolute Gasteiger partial charge is 0.351 e. The van der Waals surface area contributed by atoms with Crippen molar-refractivity contribution < 1.29 is 4.79 Å². The van der Waals surface area contributed by atoms with Gasteiger partial charge in [0.2, 0.25) is 5.91 Å². The molecule has 0 heterocycles. The molecule has 3 nitrogen and oxygen atoms in total. The minimum atomic E-state index is 0. The van der Waals surface area contributed by atoms with Crippen LogP contribution in [0, 0.1) is 11.8 Å². The molecule has 0 aromatic heterocycles. The molecular formula is C15H31ClN2OS. The maximum Gasteiger partial charge on any atom is 0.230 e. The highest BCUT2D eigenvalue weighted by Gasteiger charge is 2.23. The van der Waals surface area contributed by atoms with Crippen molar-refractivity contribution in [1.82, 2.24) is 5.32 Å². The minimum absolute atomic E-state index is 0. The van der Waals surface area contributed by atoms with Crippen LogP contribution in [0.15, 0.2) is 0 Å². The van der Waals surface area contributed by atoms with E-state index in [2.05, 4.69) is 19.2 Å². The number of nitrogens with two attached hydrogens (primary N) is 1. The van der Waals surface area contributed by atoms with Crippen molar-refractivity contribution in [2.24, 2.45) is 17.6 Å². The lowest BCUT2D eigenvalue weighted by Crippen LogP contribution is -2.46. The molecule has 1 unspecified atom stereocenters. The van der Waals surface area contributed by atoms with Gasteiger partial charge < -0.3 is 11.1 Å². The molecule has 0 aliphatic heterocycles. The molecule has 0 bridgehead atoms. The second-order valence-electron chi connectivity index (χ2n) is 6.04. The van der Waals surface area contributed by atoms with Crippen LogP contribution in [-0.2, 0) is 4.79 Å². The Morgan fingerprint density at radius 3 is 2.50 bits per heavy atom. The first-order valence-electron chi connectivity index (χ1n) is 7.70. The van der Waals surface area contributed by atoms with Crippen molar-refractivity contribution in [1.29, 1.82) is 0 Å². The fourth-order valence-electron chi connectivity index (χ4n) is 2.64. The summed E-state index contributed by atoms with van der Waals surface area (Å²) in [5.74, 6) is 3.13. The van der Waals surface area contributed by atoms with E-state index in [1.807, 2.05) is 0 Å². The topological polar surface area (TPSA) is 55.1 Å². The molecular weight excluding hydrogens is 292 g/mol. The first-order valence-corrected chi connectivity index (χ1v) is 8.86. The monoisotopic (exact) mass is 322 g/mol. The van der Waals surface area contributed by atoms with E-state index in [1.54, 1.807) is 11.8 Å². The lowest BCUT2D eigenvalue weighted by Gasteiger charge is -2.30. The molecule has 1 atom stereocenters. The normalized spacial score (nSPS) is 17.6. The van der Waals surface area contributed by atoms with Crippen molar-refractivity contribution in [3.63, 3.8) is 0 Å². The fraction of sp³-hybridized carbons (Fsp3) is 0.933. The predicted molar refractivity (Wildman–Crippen MR) is 91.6 cm³/mol. The van der Waals surface area contributed by atoms with E-state index < -0.39 is 0 Å². The second kappa shape index (κ2) is 11.7. The minimum Gasteiger partial charge on any atom is -0.351 e. The van der Waals surface area contributed by atoms with Crippen LogP contribution in [-0.4, -0.2) is 30.0 Å². The summed E-state index contributed by atoms with van der Waals surface area (Å²) in [6.07, 6.45) is 7.55. The molecule has 1 fully saturated rings. The summed E-state index contributed by atoms with van der Waals surface area (Å²) in [6, 6.07) is 0.193. The van der Waals surface area contributed by atoms with Gasteiger partial charge in [0.1, 0.15) is 0 Å². The average molecular weight is 323 g/mol. The second-order valence-corrected chi connectivity index (χ2v) is 7.15. The van der Waals surface area contributed by atoms with E-state index in [9.17, 15) is 4.79 Å². The Hall–Kier alpha value is 0.0700. The smallest absolute Gasteiger partial charge is 0.230 e. The van der Waals surface area contributed by atoms with Gasteiger partial charge in [-0.1, -0.05) is 33.1 Å². The van der Waals surface area contributed by atoms with Gasteiger partial charge in [0.15, 0.2) is 0 Å². The highest BCUT2D eigenvalue weighted by Crippen LogP contribution is 2.26. The third kappa shape index (κ3) is 8.38. The van der Waals surface area contributed by atoms with Crippen LogP contribution in [0.1, 0.15) is 52.4 Å². The number of nitrogens with one attached hydrogen (secondary N) is 1. The first kappa shape index (κ1) is 20.1. The summed E-state index contributed by atoms with van der Waals surface area (Å²) in [5, 5.41) is 3.14. The molecule has 20 heavy (non-hydrogen) atoms. The zero-order chi connectivity index (χ0) is 14.1. The number of halogens is 1.